The first-order valence-corrected chi connectivity index (χ1v) is 6.44. The lowest BCUT2D eigenvalue weighted by Crippen LogP contribution is -2.14. The number of benzene rings is 2. The molecule has 21 heavy (non-hydrogen) atoms. The highest BCUT2D eigenvalue weighted by molar-refractivity contribution is 6.05. The summed E-state index contributed by atoms with van der Waals surface area (Å²) in [6, 6.07) is 7.93. The van der Waals surface area contributed by atoms with Gasteiger partial charge in [0.05, 0.1) is 7.11 Å². The zero-order valence-electron chi connectivity index (χ0n) is 12.2. The number of anilines is 2. The second-order valence-corrected chi connectivity index (χ2v) is 4.81. The number of carbonyl (C=O) groups is 1. The van der Waals surface area contributed by atoms with Crippen LogP contribution in [0.3, 0.4) is 0 Å². The molecule has 0 unspecified atom stereocenters. The predicted octanol–water partition coefficient (Wildman–Crippen LogP) is 3.29. The third kappa shape index (κ3) is 3.13. The maximum Gasteiger partial charge on any atom is 0.255 e. The lowest BCUT2D eigenvalue weighted by molar-refractivity contribution is 0.102. The van der Waals surface area contributed by atoms with Gasteiger partial charge in [0.2, 0.25) is 0 Å². The van der Waals surface area contributed by atoms with Crippen molar-refractivity contribution < 1.29 is 13.9 Å². The molecule has 0 saturated heterocycles. The van der Waals surface area contributed by atoms with Crippen molar-refractivity contribution >= 4 is 17.3 Å². The molecule has 0 spiro atoms. The molecule has 1 amide bonds. The average Bonchev–Trinajstić information content (AvgIpc) is 2.46. The summed E-state index contributed by atoms with van der Waals surface area (Å²) in [5.41, 5.74) is 7.96. The monoisotopic (exact) mass is 288 g/mol. The average molecular weight is 288 g/mol. The first kappa shape index (κ1) is 14.8. The van der Waals surface area contributed by atoms with Crippen LogP contribution in [-0.2, 0) is 0 Å². The standard InChI is InChI=1S/C16H17FN2O2/c1-9-6-12(21-3)4-5-15(9)19-16(20)11-7-13(17)10(2)14(18)8-11/h4-8H,18H2,1-3H3,(H,19,20). The van der Waals surface area contributed by atoms with Crippen molar-refractivity contribution in [2.45, 2.75) is 13.8 Å². The highest BCUT2D eigenvalue weighted by atomic mass is 19.1. The lowest BCUT2D eigenvalue weighted by atomic mass is 10.1. The van der Waals surface area contributed by atoms with Crippen LogP contribution in [0.2, 0.25) is 0 Å². The number of ether oxygens (including phenoxy) is 1. The largest absolute Gasteiger partial charge is 0.497 e. The Bertz CT molecular complexity index is 676. The molecular formula is C16H17FN2O2. The third-order valence-corrected chi connectivity index (χ3v) is 3.33. The molecule has 0 bridgehead atoms. The van der Waals surface area contributed by atoms with Gasteiger partial charge in [0, 0.05) is 22.5 Å². The summed E-state index contributed by atoms with van der Waals surface area (Å²) in [7, 11) is 1.57. The van der Waals surface area contributed by atoms with E-state index in [1.807, 2.05) is 6.92 Å². The van der Waals surface area contributed by atoms with Gasteiger partial charge in [-0.3, -0.25) is 4.79 Å². The summed E-state index contributed by atoms with van der Waals surface area (Å²) in [6.45, 7) is 3.42. The minimum absolute atomic E-state index is 0.186. The summed E-state index contributed by atoms with van der Waals surface area (Å²) < 4.78 is 18.7. The molecule has 0 atom stereocenters. The number of methoxy groups -OCH3 is 1. The van der Waals surface area contributed by atoms with Gasteiger partial charge in [0.1, 0.15) is 11.6 Å². The van der Waals surface area contributed by atoms with Crippen molar-refractivity contribution in [1.29, 1.82) is 0 Å². The van der Waals surface area contributed by atoms with Crippen LogP contribution in [0.25, 0.3) is 0 Å². The molecule has 0 heterocycles. The van der Waals surface area contributed by atoms with Crippen LogP contribution in [0.1, 0.15) is 21.5 Å². The van der Waals surface area contributed by atoms with E-state index in [2.05, 4.69) is 5.32 Å². The molecule has 0 radical (unpaired) electrons. The van der Waals surface area contributed by atoms with E-state index in [1.165, 1.54) is 12.1 Å². The van der Waals surface area contributed by atoms with Crippen molar-refractivity contribution in [2.75, 3.05) is 18.2 Å². The van der Waals surface area contributed by atoms with Crippen LogP contribution in [0.15, 0.2) is 30.3 Å². The Kier molecular flexibility index (Phi) is 4.12. The lowest BCUT2D eigenvalue weighted by Gasteiger charge is -2.11. The predicted molar refractivity (Wildman–Crippen MR) is 81.2 cm³/mol. The molecule has 0 aliphatic rings. The smallest absolute Gasteiger partial charge is 0.255 e. The van der Waals surface area contributed by atoms with E-state index in [0.29, 0.717) is 17.0 Å². The van der Waals surface area contributed by atoms with Gasteiger partial charge in [-0.1, -0.05) is 0 Å². The Morgan fingerprint density at radius 1 is 1.24 bits per heavy atom. The van der Waals surface area contributed by atoms with E-state index in [4.69, 9.17) is 10.5 Å². The summed E-state index contributed by atoms with van der Waals surface area (Å²) in [6.07, 6.45) is 0. The van der Waals surface area contributed by atoms with Crippen molar-refractivity contribution in [3.8, 4) is 5.75 Å². The molecule has 5 heteroatoms. The molecule has 2 rings (SSSR count). The summed E-state index contributed by atoms with van der Waals surface area (Å²) in [4.78, 5) is 12.2. The van der Waals surface area contributed by atoms with Crippen LogP contribution in [0.4, 0.5) is 15.8 Å². The van der Waals surface area contributed by atoms with E-state index in [0.717, 1.165) is 5.56 Å². The molecule has 0 aromatic heterocycles. The maximum absolute atomic E-state index is 13.6. The van der Waals surface area contributed by atoms with Gasteiger partial charge in [-0.15, -0.1) is 0 Å². The third-order valence-electron chi connectivity index (χ3n) is 3.33. The number of aryl methyl sites for hydroxylation is 1. The van der Waals surface area contributed by atoms with Crippen LogP contribution in [0, 0.1) is 19.7 Å². The van der Waals surface area contributed by atoms with Gasteiger partial charge >= 0.3 is 0 Å². The quantitative estimate of drug-likeness (QED) is 0.852. The molecule has 4 nitrogen and oxygen atoms in total. The van der Waals surface area contributed by atoms with E-state index in [-0.39, 0.29) is 11.3 Å². The van der Waals surface area contributed by atoms with E-state index in [1.54, 1.807) is 32.2 Å². The van der Waals surface area contributed by atoms with Gasteiger partial charge in [-0.25, -0.2) is 4.39 Å². The second kappa shape index (κ2) is 5.83. The van der Waals surface area contributed by atoms with Crippen molar-refractivity contribution in [3.05, 3.63) is 52.8 Å². The number of hydrogen-bond acceptors (Lipinski definition) is 3. The second-order valence-electron chi connectivity index (χ2n) is 4.81. The van der Waals surface area contributed by atoms with Crippen molar-refractivity contribution in [1.82, 2.24) is 0 Å². The Hall–Kier alpha value is -2.56. The molecule has 0 aliphatic heterocycles. The fraction of sp³-hybridized carbons (Fsp3) is 0.188. The Morgan fingerprint density at radius 2 is 1.95 bits per heavy atom. The van der Waals surface area contributed by atoms with Crippen molar-refractivity contribution in [3.63, 3.8) is 0 Å². The number of amides is 1. The summed E-state index contributed by atoms with van der Waals surface area (Å²) >= 11 is 0. The zero-order valence-corrected chi connectivity index (χ0v) is 12.2. The van der Waals surface area contributed by atoms with Gasteiger partial charge in [0.15, 0.2) is 0 Å². The molecule has 0 saturated carbocycles. The summed E-state index contributed by atoms with van der Waals surface area (Å²) in [5, 5.41) is 2.73. The molecule has 0 fully saturated rings. The fourth-order valence-electron chi connectivity index (χ4n) is 1.93. The number of nitrogen functional groups attached to an aromatic ring is 1. The van der Waals surface area contributed by atoms with E-state index in [9.17, 15) is 9.18 Å². The Morgan fingerprint density at radius 3 is 2.52 bits per heavy atom. The van der Waals surface area contributed by atoms with Gasteiger partial charge in [0.25, 0.3) is 5.91 Å². The first-order chi connectivity index (χ1) is 9.92. The van der Waals surface area contributed by atoms with Crippen molar-refractivity contribution in [2.24, 2.45) is 0 Å². The minimum Gasteiger partial charge on any atom is -0.497 e. The Labute approximate surface area is 122 Å². The molecule has 0 aliphatic carbocycles. The van der Waals surface area contributed by atoms with E-state index >= 15 is 0 Å². The topological polar surface area (TPSA) is 64.3 Å². The van der Waals surface area contributed by atoms with Crippen LogP contribution in [0.5, 0.6) is 5.75 Å². The molecule has 3 N–H and O–H groups in total. The molecule has 2 aromatic rings. The highest BCUT2D eigenvalue weighted by Gasteiger charge is 2.12. The highest BCUT2D eigenvalue weighted by Crippen LogP contribution is 2.23. The molecule has 2 aromatic carbocycles. The first-order valence-electron chi connectivity index (χ1n) is 6.44. The fourth-order valence-corrected chi connectivity index (χ4v) is 1.93. The number of nitrogens with two attached hydrogens (primary N) is 1. The number of nitrogens with one attached hydrogen (secondary N) is 1. The maximum atomic E-state index is 13.6. The number of rotatable bonds is 3. The summed E-state index contributed by atoms with van der Waals surface area (Å²) in [5.74, 6) is -0.198. The Balaban J connectivity index is 2.26. The van der Waals surface area contributed by atoms with Crippen LogP contribution in [-0.4, -0.2) is 13.0 Å². The van der Waals surface area contributed by atoms with Crippen LogP contribution >= 0.6 is 0 Å². The normalized spacial score (nSPS) is 10.3. The zero-order chi connectivity index (χ0) is 15.6. The van der Waals surface area contributed by atoms with E-state index < -0.39 is 11.7 Å². The van der Waals surface area contributed by atoms with Gasteiger partial charge in [-0.2, -0.15) is 0 Å². The van der Waals surface area contributed by atoms with Gasteiger partial charge < -0.3 is 15.8 Å². The number of halogens is 1. The molecular weight excluding hydrogens is 271 g/mol. The molecule has 110 valence electrons. The SMILES string of the molecule is COc1ccc(NC(=O)c2cc(N)c(C)c(F)c2)c(C)c1. The van der Waals surface area contributed by atoms with Crippen LogP contribution < -0.4 is 15.8 Å². The number of hydrogen-bond donors (Lipinski definition) is 2. The number of carbonyl (C=O) groups excluding carboxylic acids is 1. The minimum atomic E-state index is -0.494. The van der Waals surface area contributed by atoms with Gasteiger partial charge in [-0.05, 0) is 49.7 Å².